The zero-order chi connectivity index (χ0) is 33.9. The topological polar surface area (TPSA) is 79.9 Å². The van der Waals surface area contributed by atoms with E-state index >= 15 is 0 Å². The minimum atomic E-state index is -0.0337. The van der Waals surface area contributed by atoms with Crippen molar-refractivity contribution in [2.75, 3.05) is 46.1 Å². The number of aromatic amines is 1. The summed E-state index contributed by atoms with van der Waals surface area (Å²) in [5, 5.41) is 11.5. The fourth-order valence-electron chi connectivity index (χ4n) is 8.66. The molecule has 258 valence electrons. The second-order valence-electron chi connectivity index (χ2n) is 15.0. The molecule has 2 aliphatic carbocycles. The van der Waals surface area contributed by atoms with Crippen LogP contribution in [-0.2, 0) is 6.54 Å². The summed E-state index contributed by atoms with van der Waals surface area (Å²) in [7, 11) is 6.13. The summed E-state index contributed by atoms with van der Waals surface area (Å²) < 4.78 is 0. The number of fused-ring (bicyclic) bond motifs is 1. The lowest BCUT2D eigenvalue weighted by Gasteiger charge is -2.34. The van der Waals surface area contributed by atoms with Crippen molar-refractivity contribution in [2.45, 2.75) is 70.8 Å². The van der Waals surface area contributed by atoms with Crippen LogP contribution in [0.4, 0.5) is 10.5 Å². The van der Waals surface area contributed by atoms with E-state index in [0.717, 1.165) is 77.3 Å². The number of hydrogen-bond donors (Lipinski definition) is 2. The van der Waals surface area contributed by atoms with Crippen molar-refractivity contribution in [1.29, 1.82) is 0 Å². The van der Waals surface area contributed by atoms with Crippen molar-refractivity contribution < 1.29 is 4.79 Å². The fourth-order valence-corrected chi connectivity index (χ4v) is 8.66. The van der Waals surface area contributed by atoms with Gasteiger partial charge < -0.3 is 20.1 Å². The van der Waals surface area contributed by atoms with Crippen molar-refractivity contribution in [3.63, 3.8) is 0 Å². The van der Waals surface area contributed by atoms with Gasteiger partial charge in [-0.15, -0.1) is 0 Å². The summed E-state index contributed by atoms with van der Waals surface area (Å²) >= 11 is 0. The molecule has 1 aliphatic heterocycles. The average molecular weight is 660 g/mol. The van der Waals surface area contributed by atoms with Gasteiger partial charge in [0.15, 0.2) is 0 Å². The maximum absolute atomic E-state index is 13.2. The van der Waals surface area contributed by atoms with E-state index in [1.165, 1.54) is 62.5 Å². The molecule has 0 bridgehead atoms. The molecule has 3 aliphatic rings. The van der Waals surface area contributed by atoms with Gasteiger partial charge in [0.2, 0.25) is 0 Å². The van der Waals surface area contributed by atoms with Gasteiger partial charge in [0, 0.05) is 62.1 Å². The van der Waals surface area contributed by atoms with Crippen LogP contribution in [0.5, 0.6) is 0 Å². The van der Waals surface area contributed by atoms with E-state index in [-0.39, 0.29) is 11.9 Å². The van der Waals surface area contributed by atoms with E-state index in [0.29, 0.717) is 5.92 Å². The Hall–Kier alpha value is -4.17. The molecule has 7 rings (SSSR count). The number of hydrazone groups is 1. The number of H-pyrrole nitrogens is 1. The molecule has 2 aromatic heterocycles. The van der Waals surface area contributed by atoms with Crippen molar-refractivity contribution >= 4 is 28.5 Å². The van der Waals surface area contributed by atoms with Gasteiger partial charge in [-0.25, -0.2) is 9.78 Å². The molecule has 0 saturated heterocycles. The minimum Gasteiger partial charge on any atom is -0.339 e. The number of rotatable bonds is 10. The van der Waals surface area contributed by atoms with Crippen molar-refractivity contribution in [2.24, 2.45) is 22.9 Å². The Kier molecular flexibility index (Phi) is 10.0. The third kappa shape index (κ3) is 7.54. The van der Waals surface area contributed by atoms with Crippen molar-refractivity contribution in [3.8, 4) is 11.3 Å². The molecule has 1 atom stereocenters. The number of urea groups is 1. The minimum absolute atomic E-state index is 0.0337. The van der Waals surface area contributed by atoms with E-state index < -0.39 is 0 Å². The van der Waals surface area contributed by atoms with Crippen LogP contribution in [0.25, 0.3) is 22.3 Å². The SMILES string of the molecule is CCN1CC(c2ccnc3[nH]c(-c4cccc(CN(C)C)c4)cc23)C(c2ccc(NC(=O)N(C)CC3CCC(C4CCCC4)CC3)cc2)=N1. The van der Waals surface area contributed by atoms with E-state index in [9.17, 15) is 4.79 Å². The van der Waals surface area contributed by atoms with Gasteiger partial charge in [0.1, 0.15) is 5.65 Å². The molecule has 2 fully saturated rings. The van der Waals surface area contributed by atoms with Gasteiger partial charge >= 0.3 is 6.03 Å². The van der Waals surface area contributed by atoms with Crippen molar-refractivity contribution in [1.82, 2.24) is 24.8 Å². The number of carbonyl (C=O) groups is 1. The fraction of sp³-hybridized carbons (Fsp3) is 0.488. The van der Waals surface area contributed by atoms with Crippen LogP contribution in [0.15, 0.2) is 72.0 Å². The predicted octanol–water partition coefficient (Wildman–Crippen LogP) is 8.58. The number of likely N-dealkylation sites (N-methyl/N-ethyl adjacent to an activating group) is 1. The van der Waals surface area contributed by atoms with Gasteiger partial charge in [-0.05, 0) is 117 Å². The Morgan fingerprint density at radius 3 is 2.41 bits per heavy atom. The Bertz CT molecular complexity index is 1760. The highest BCUT2D eigenvalue weighted by Gasteiger charge is 2.32. The zero-order valence-electron chi connectivity index (χ0n) is 29.8. The van der Waals surface area contributed by atoms with Crippen LogP contribution in [0, 0.1) is 17.8 Å². The Labute approximate surface area is 292 Å². The third-order valence-electron chi connectivity index (χ3n) is 11.3. The highest BCUT2D eigenvalue weighted by Crippen LogP contribution is 2.41. The first-order valence-electron chi connectivity index (χ1n) is 18.5. The summed E-state index contributed by atoms with van der Waals surface area (Å²) in [5.41, 5.74) is 8.56. The molecule has 4 aromatic rings. The molecule has 1 unspecified atom stereocenters. The number of amides is 2. The number of pyridine rings is 1. The monoisotopic (exact) mass is 659 g/mol. The largest absolute Gasteiger partial charge is 0.339 e. The van der Waals surface area contributed by atoms with Crippen LogP contribution >= 0.6 is 0 Å². The second kappa shape index (κ2) is 14.8. The van der Waals surface area contributed by atoms with E-state index in [2.05, 4.69) is 89.8 Å². The number of carbonyl (C=O) groups excluding carboxylic acids is 1. The quantitative estimate of drug-likeness (QED) is 0.179. The zero-order valence-corrected chi connectivity index (χ0v) is 29.8. The Morgan fingerprint density at radius 1 is 0.918 bits per heavy atom. The van der Waals surface area contributed by atoms with Gasteiger partial charge in [-0.1, -0.05) is 56.0 Å². The number of nitrogens with zero attached hydrogens (tertiary/aromatic N) is 5. The highest BCUT2D eigenvalue weighted by molar-refractivity contribution is 6.08. The van der Waals surface area contributed by atoms with Crippen LogP contribution < -0.4 is 5.32 Å². The van der Waals surface area contributed by atoms with Crippen LogP contribution in [0.1, 0.15) is 80.9 Å². The average Bonchev–Trinajstić information content (AvgIpc) is 3.89. The third-order valence-corrected chi connectivity index (χ3v) is 11.3. The van der Waals surface area contributed by atoms with E-state index in [1.54, 1.807) is 0 Å². The lowest BCUT2D eigenvalue weighted by atomic mass is 9.75. The standard InChI is InChI=1S/C41H53N7O/c1-5-48-27-37(35-21-22-42-40-36(35)24-38(44-40)33-12-8-9-29(23-33)25-46(2)3)39(45-48)32-17-19-34(20-18-32)43-41(49)47(4)26-28-13-15-31(16-14-28)30-10-6-7-11-30/h8-9,12,17-24,28,30-31,37H,5-7,10-11,13-16,25-27H2,1-4H3,(H,42,44)(H,43,49). The Morgan fingerprint density at radius 2 is 1.67 bits per heavy atom. The summed E-state index contributed by atoms with van der Waals surface area (Å²) in [6.07, 6.45) is 12.8. The first-order chi connectivity index (χ1) is 23.8. The van der Waals surface area contributed by atoms with Gasteiger partial charge in [0.05, 0.1) is 5.71 Å². The van der Waals surface area contributed by atoms with Gasteiger partial charge in [-0.3, -0.25) is 5.01 Å². The first kappa shape index (κ1) is 33.3. The number of benzene rings is 2. The lowest BCUT2D eigenvalue weighted by molar-refractivity contribution is 0.172. The predicted molar refractivity (Wildman–Crippen MR) is 201 cm³/mol. The summed E-state index contributed by atoms with van der Waals surface area (Å²) in [5.74, 6) is 2.60. The number of nitrogens with one attached hydrogen (secondary N) is 2. The van der Waals surface area contributed by atoms with Gasteiger partial charge in [0.25, 0.3) is 0 Å². The first-order valence-corrected chi connectivity index (χ1v) is 18.5. The van der Waals surface area contributed by atoms with E-state index in [4.69, 9.17) is 10.1 Å². The molecule has 0 radical (unpaired) electrons. The maximum atomic E-state index is 13.2. The molecule has 8 nitrogen and oxygen atoms in total. The van der Waals surface area contributed by atoms with Crippen LogP contribution in [-0.4, -0.2) is 77.3 Å². The number of hydrogen-bond acceptors (Lipinski definition) is 5. The molecule has 49 heavy (non-hydrogen) atoms. The maximum Gasteiger partial charge on any atom is 0.321 e. The highest BCUT2D eigenvalue weighted by atomic mass is 16.2. The summed E-state index contributed by atoms with van der Waals surface area (Å²) in [4.78, 5) is 25.6. The molecule has 2 saturated carbocycles. The van der Waals surface area contributed by atoms with Crippen LogP contribution in [0.3, 0.4) is 0 Å². The number of anilines is 1. The number of aromatic nitrogens is 2. The summed E-state index contributed by atoms with van der Waals surface area (Å²) in [6, 6.07) is 21.3. The molecular weight excluding hydrogens is 606 g/mol. The molecule has 8 heteroatoms. The second-order valence-corrected chi connectivity index (χ2v) is 15.0. The van der Waals surface area contributed by atoms with Crippen molar-refractivity contribution in [3.05, 3.63) is 83.6 Å². The lowest BCUT2D eigenvalue weighted by Crippen LogP contribution is -2.36. The molecular formula is C41H53N7O. The molecule has 2 N–H and O–H groups in total. The molecule has 0 spiro atoms. The van der Waals surface area contributed by atoms with E-state index in [1.807, 2.05) is 30.3 Å². The molecule has 2 aromatic carbocycles. The Balaban J connectivity index is 1.03. The molecule has 3 heterocycles. The smallest absolute Gasteiger partial charge is 0.321 e. The summed E-state index contributed by atoms with van der Waals surface area (Å²) in [6.45, 7) is 5.53. The van der Waals surface area contributed by atoms with Crippen LogP contribution in [0.2, 0.25) is 0 Å². The normalized spacial score (nSPS) is 21.4. The van der Waals surface area contributed by atoms with Gasteiger partial charge in [-0.2, -0.15) is 5.10 Å². The molecule has 2 amide bonds.